The minimum absolute atomic E-state index is 0.206. The van der Waals surface area contributed by atoms with Crippen LogP contribution in [-0.4, -0.2) is 29.2 Å². The smallest absolute Gasteiger partial charge is 0.0552 e. The monoisotopic (exact) mass is 317 g/mol. The molecule has 1 saturated heterocycles. The highest BCUT2D eigenvalue weighted by Gasteiger charge is 2.26. The average molecular weight is 319 g/mol. The first-order valence-corrected chi connectivity index (χ1v) is 7.07. The van der Waals surface area contributed by atoms with Gasteiger partial charge in [0.05, 0.1) is 6.10 Å². The predicted molar refractivity (Wildman–Crippen MR) is 74.2 cm³/mol. The molecule has 2 atom stereocenters. The molecular formula is C13H17BrClNO. The summed E-state index contributed by atoms with van der Waals surface area (Å²) in [5, 5.41) is 10.4. The van der Waals surface area contributed by atoms with Crippen LogP contribution >= 0.6 is 27.5 Å². The summed E-state index contributed by atoms with van der Waals surface area (Å²) in [6, 6.07) is 5.87. The predicted octanol–water partition coefficient (Wildman–Crippen LogP) is 3.31. The number of aliphatic hydroxyl groups is 1. The Morgan fingerprint density at radius 3 is 3.00 bits per heavy atom. The lowest BCUT2D eigenvalue weighted by molar-refractivity contribution is 0.127. The van der Waals surface area contributed by atoms with E-state index in [0.717, 1.165) is 35.6 Å². The molecule has 0 aliphatic carbocycles. The Bertz CT molecular complexity index is 397. The molecule has 1 aromatic carbocycles. The van der Waals surface area contributed by atoms with Crippen LogP contribution in [0.4, 0.5) is 0 Å². The molecule has 1 aliphatic rings. The lowest BCUT2D eigenvalue weighted by atomic mass is 10.0. The molecule has 4 heteroatoms. The van der Waals surface area contributed by atoms with Gasteiger partial charge >= 0.3 is 0 Å². The zero-order chi connectivity index (χ0) is 12.4. The summed E-state index contributed by atoms with van der Waals surface area (Å²) in [5.74, 6) is 0.410. The first kappa shape index (κ1) is 13.3. The van der Waals surface area contributed by atoms with E-state index in [2.05, 4.69) is 20.8 Å². The number of hydrogen-bond donors (Lipinski definition) is 1. The van der Waals surface area contributed by atoms with Gasteiger partial charge in [0.2, 0.25) is 0 Å². The molecule has 0 aromatic heterocycles. The SMILES string of the molecule is CC(O)C1CCN(Cc2cc(Cl)ccc2Br)C1. The Labute approximate surface area is 116 Å². The van der Waals surface area contributed by atoms with Crippen LogP contribution in [0.1, 0.15) is 18.9 Å². The van der Waals surface area contributed by atoms with Crippen molar-refractivity contribution in [3.63, 3.8) is 0 Å². The lowest BCUT2D eigenvalue weighted by Gasteiger charge is -2.18. The van der Waals surface area contributed by atoms with Crippen molar-refractivity contribution in [1.29, 1.82) is 0 Å². The number of aliphatic hydroxyl groups excluding tert-OH is 1. The van der Waals surface area contributed by atoms with Crippen LogP contribution in [0.2, 0.25) is 5.02 Å². The van der Waals surface area contributed by atoms with Crippen molar-refractivity contribution >= 4 is 27.5 Å². The van der Waals surface area contributed by atoms with E-state index in [1.54, 1.807) is 0 Å². The molecule has 1 heterocycles. The van der Waals surface area contributed by atoms with Gasteiger partial charge < -0.3 is 5.11 Å². The summed E-state index contributed by atoms with van der Waals surface area (Å²) in [6.45, 7) is 4.79. The number of benzene rings is 1. The van der Waals surface area contributed by atoms with Gasteiger partial charge in [0, 0.05) is 22.6 Å². The van der Waals surface area contributed by atoms with Crippen molar-refractivity contribution in [3.05, 3.63) is 33.3 Å². The molecule has 2 rings (SSSR count). The van der Waals surface area contributed by atoms with Crippen molar-refractivity contribution in [1.82, 2.24) is 4.90 Å². The third kappa shape index (κ3) is 3.44. The van der Waals surface area contributed by atoms with E-state index < -0.39 is 0 Å². The molecule has 1 N–H and O–H groups in total. The maximum absolute atomic E-state index is 9.58. The van der Waals surface area contributed by atoms with Crippen molar-refractivity contribution < 1.29 is 5.11 Å². The number of likely N-dealkylation sites (tertiary alicyclic amines) is 1. The Morgan fingerprint density at radius 2 is 2.35 bits per heavy atom. The Balaban J connectivity index is 2.00. The first-order valence-electron chi connectivity index (χ1n) is 5.90. The summed E-state index contributed by atoms with van der Waals surface area (Å²) in [5.41, 5.74) is 1.21. The van der Waals surface area contributed by atoms with Crippen LogP contribution in [0.15, 0.2) is 22.7 Å². The average Bonchev–Trinajstić information content (AvgIpc) is 2.72. The van der Waals surface area contributed by atoms with Crippen LogP contribution in [0, 0.1) is 5.92 Å². The number of hydrogen-bond acceptors (Lipinski definition) is 2. The van der Waals surface area contributed by atoms with E-state index in [-0.39, 0.29) is 6.10 Å². The summed E-state index contributed by atoms with van der Waals surface area (Å²) in [4.78, 5) is 2.37. The zero-order valence-electron chi connectivity index (χ0n) is 9.87. The van der Waals surface area contributed by atoms with Gasteiger partial charge in [-0.25, -0.2) is 0 Å². The van der Waals surface area contributed by atoms with Crippen molar-refractivity contribution in [2.24, 2.45) is 5.92 Å². The Kier molecular flexibility index (Phi) is 4.47. The van der Waals surface area contributed by atoms with Gasteiger partial charge in [-0.15, -0.1) is 0 Å². The quantitative estimate of drug-likeness (QED) is 0.924. The third-order valence-electron chi connectivity index (χ3n) is 3.39. The standard InChI is InChI=1S/C13H17BrClNO/c1-9(17)10-4-5-16(7-10)8-11-6-12(15)2-3-13(11)14/h2-3,6,9-10,17H,4-5,7-8H2,1H3. The molecule has 0 spiro atoms. The molecule has 2 unspecified atom stereocenters. The molecule has 0 radical (unpaired) electrons. The topological polar surface area (TPSA) is 23.5 Å². The Hall–Kier alpha value is -0.0900. The van der Waals surface area contributed by atoms with Gasteiger partial charge in [-0.1, -0.05) is 27.5 Å². The van der Waals surface area contributed by atoms with Crippen molar-refractivity contribution in [2.75, 3.05) is 13.1 Å². The largest absolute Gasteiger partial charge is 0.393 e. The maximum Gasteiger partial charge on any atom is 0.0552 e. The second-order valence-corrected chi connectivity index (χ2v) is 6.05. The molecule has 17 heavy (non-hydrogen) atoms. The second kappa shape index (κ2) is 5.70. The maximum atomic E-state index is 9.58. The molecule has 2 nitrogen and oxygen atoms in total. The summed E-state index contributed by atoms with van der Waals surface area (Å²) < 4.78 is 1.10. The lowest BCUT2D eigenvalue weighted by Crippen LogP contribution is -2.24. The highest BCUT2D eigenvalue weighted by Crippen LogP contribution is 2.26. The molecule has 1 fully saturated rings. The van der Waals surface area contributed by atoms with Crippen LogP contribution in [-0.2, 0) is 6.54 Å². The van der Waals surface area contributed by atoms with Crippen molar-refractivity contribution in [3.8, 4) is 0 Å². The van der Waals surface area contributed by atoms with Crippen LogP contribution in [0.5, 0.6) is 0 Å². The summed E-state index contributed by atoms with van der Waals surface area (Å²) in [7, 11) is 0. The van der Waals surface area contributed by atoms with E-state index in [9.17, 15) is 5.11 Å². The summed E-state index contributed by atoms with van der Waals surface area (Å²) >= 11 is 9.55. The number of rotatable bonds is 3. The second-order valence-electron chi connectivity index (χ2n) is 4.76. The highest BCUT2D eigenvalue weighted by atomic mass is 79.9. The fourth-order valence-corrected chi connectivity index (χ4v) is 2.87. The van der Waals surface area contributed by atoms with Crippen LogP contribution in [0.25, 0.3) is 0 Å². The van der Waals surface area contributed by atoms with Crippen LogP contribution in [0.3, 0.4) is 0 Å². The molecular weight excluding hydrogens is 302 g/mol. The first-order chi connectivity index (χ1) is 8.06. The van der Waals surface area contributed by atoms with Gasteiger partial charge in [-0.3, -0.25) is 4.90 Å². The fourth-order valence-electron chi connectivity index (χ4n) is 2.31. The molecule has 1 aromatic rings. The zero-order valence-corrected chi connectivity index (χ0v) is 12.2. The molecule has 1 aliphatic heterocycles. The van der Waals surface area contributed by atoms with E-state index in [0.29, 0.717) is 5.92 Å². The molecule has 0 bridgehead atoms. The van der Waals surface area contributed by atoms with Gasteiger partial charge in [-0.2, -0.15) is 0 Å². The molecule has 0 amide bonds. The van der Waals surface area contributed by atoms with Gasteiger partial charge in [0.15, 0.2) is 0 Å². The third-order valence-corrected chi connectivity index (χ3v) is 4.40. The highest BCUT2D eigenvalue weighted by molar-refractivity contribution is 9.10. The van der Waals surface area contributed by atoms with Gasteiger partial charge in [0.1, 0.15) is 0 Å². The van der Waals surface area contributed by atoms with E-state index in [4.69, 9.17) is 11.6 Å². The van der Waals surface area contributed by atoms with Crippen LogP contribution < -0.4 is 0 Å². The van der Waals surface area contributed by atoms with Crippen molar-refractivity contribution in [2.45, 2.75) is 26.0 Å². The minimum Gasteiger partial charge on any atom is -0.393 e. The Morgan fingerprint density at radius 1 is 1.59 bits per heavy atom. The van der Waals surface area contributed by atoms with Gasteiger partial charge in [0.25, 0.3) is 0 Å². The van der Waals surface area contributed by atoms with E-state index >= 15 is 0 Å². The van der Waals surface area contributed by atoms with E-state index in [1.165, 1.54) is 5.56 Å². The molecule has 0 saturated carbocycles. The van der Waals surface area contributed by atoms with E-state index in [1.807, 2.05) is 25.1 Å². The minimum atomic E-state index is -0.206. The summed E-state index contributed by atoms with van der Waals surface area (Å²) in [6.07, 6.45) is 0.873. The van der Waals surface area contributed by atoms with Gasteiger partial charge in [-0.05, 0) is 49.6 Å². The number of nitrogens with zero attached hydrogens (tertiary/aromatic N) is 1. The number of halogens is 2. The normalized spacial score (nSPS) is 22.9. The molecule has 94 valence electrons. The fraction of sp³-hybridized carbons (Fsp3) is 0.538.